The minimum absolute atomic E-state index is 0.143. The van der Waals surface area contributed by atoms with Crippen LogP contribution in [0.5, 0.6) is 0 Å². The van der Waals surface area contributed by atoms with Crippen LogP contribution in [0.25, 0.3) is 0 Å². The van der Waals surface area contributed by atoms with Crippen LogP contribution in [0, 0.1) is 35.0 Å². The quantitative estimate of drug-likeness (QED) is 0.773. The number of nitrogens with one attached hydrogen (secondary N) is 1. The summed E-state index contributed by atoms with van der Waals surface area (Å²) in [6.07, 6.45) is 10.4. The lowest BCUT2D eigenvalue weighted by Crippen LogP contribution is -2.60. The molecule has 2 nitrogen and oxygen atoms in total. The molecule has 0 spiro atoms. The minimum atomic E-state index is 0.143. The highest BCUT2D eigenvalue weighted by Gasteiger charge is 2.62. The zero-order valence-electron chi connectivity index (χ0n) is 14.6. The van der Waals surface area contributed by atoms with Crippen molar-refractivity contribution in [2.45, 2.75) is 71.8 Å². The largest absolute Gasteiger partial charge is 0.350 e. The van der Waals surface area contributed by atoms with Gasteiger partial charge < -0.3 is 5.32 Å². The van der Waals surface area contributed by atoms with Crippen LogP contribution in [0.15, 0.2) is 11.6 Å². The second kappa shape index (κ2) is 4.61. The molecule has 0 radical (unpaired) electrons. The Morgan fingerprint density at radius 2 is 1.50 bits per heavy atom. The molecule has 5 aliphatic carbocycles. The monoisotopic (exact) mass is 301 g/mol. The Bertz CT molecular complexity index is 491. The van der Waals surface area contributed by atoms with Crippen molar-refractivity contribution in [3.05, 3.63) is 11.6 Å². The normalized spacial score (nSPS) is 47.2. The van der Waals surface area contributed by atoms with Crippen LogP contribution in [-0.4, -0.2) is 11.4 Å². The number of hydrogen-bond acceptors (Lipinski definition) is 1. The van der Waals surface area contributed by atoms with E-state index in [2.05, 4.69) is 39.1 Å². The number of rotatable bonds is 3. The van der Waals surface area contributed by atoms with Gasteiger partial charge in [-0.1, -0.05) is 25.5 Å². The zero-order chi connectivity index (χ0) is 15.7. The van der Waals surface area contributed by atoms with Crippen LogP contribution in [0.3, 0.4) is 0 Å². The van der Waals surface area contributed by atoms with E-state index in [1.165, 1.54) is 44.1 Å². The Morgan fingerprint density at radius 1 is 1.00 bits per heavy atom. The van der Waals surface area contributed by atoms with Crippen LogP contribution in [0.2, 0.25) is 0 Å². The van der Waals surface area contributed by atoms with E-state index in [0.717, 1.165) is 17.8 Å². The average Bonchev–Trinajstić information content (AvgIpc) is 2.87. The van der Waals surface area contributed by atoms with Crippen molar-refractivity contribution < 1.29 is 4.79 Å². The Balaban J connectivity index is 1.48. The molecule has 122 valence electrons. The predicted molar refractivity (Wildman–Crippen MR) is 89.2 cm³/mol. The molecule has 0 aromatic rings. The van der Waals surface area contributed by atoms with E-state index in [1.54, 1.807) is 0 Å². The van der Waals surface area contributed by atoms with Gasteiger partial charge in [0.15, 0.2) is 0 Å². The van der Waals surface area contributed by atoms with Gasteiger partial charge in [0.25, 0.3) is 0 Å². The van der Waals surface area contributed by atoms with Gasteiger partial charge in [-0.15, -0.1) is 0 Å². The first-order chi connectivity index (χ1) is 10.3. The Kier molecular flexibility index (Phi) is 3.10. The topological polar surface area (TPSA) is 29.1 Å². The molecule has 5 saturated carbocycles. The van der Waals surface area contributed by atoms with E-state index >= 15 is 0 Å². The summed E-state index contributed by atoms with van der Waals surface area (Å²) in [5.74, 6) is 3.66. The van der Waals surface area contributed by atoms with Crippen LogP contribution in [-0.2, 0) is 4.79 Å². The summed E-state index contributed by atoms with van der Waals surface area (Å²) in [4.78, 5) is 13.0. The molecular formula is C20H31NO. The fraction of sp³-hybridized carbons (Fsp3) is 0.850. The van der Waals surface area contributed by atoms with Gasteiger partial charge in [0.05, 0.1) is 5.92 Å². The van der Waals surface area contributed by atoms with Crippen molar-refractivity contribution in [3.8, 4) is 0 Å². The molecule has 2 atom stereocenters. The molecule has 0 aliphatic heterocycles. The van der Waals surface area contributed by atoms with Crippen molar-refractivity contribution in [1.29, 1.82) is 0 Å². The maximum atomic E-state index is 13.0. The second-order valence-electron chi connectivity index (χ2n) is 9.76. The number of carbonyl (C=O) groups is 1. The number of hydrogen-bond donors (Lipinski definition) is 1. The summed E-state index contributed by atoms with van der Waals surface area (Å²) in [5, 5.41) is 3.58. The molecule has 0 saturated heterocycles. The third-order valence-corrected chi connectivity index (χ3v) is 7.13. The van der Waals surface area contributed by atoms with Gasteiger partial charge >= 0.3 is 0 Å². The summed E-state index contributed by atoms with van der Waals surface area (Å²) >= 11 is 0. The smallest absolute Gasteiger partial charge is 0.224 e. The highest BCUT2D eigenvalue weighted by Crippen LogP contribution is 2.61. The van der Waals surface area contributed by atoms with Crippen LogP contribution in [0.4, 0.5) is 0 Å². The highest BCUT2D eigenvalue weighted by molar-refractivity contribution is 5.84. The molecule has 2 heteroatoms. The molecule has 0 aromatic carbocycles. The van der Waals surface area contributed by atoms with E-state index in [9.17, 15) is 4.79 Å². The molecule has 4 bridgehead atoms. The third-order valence-electron chi connectivity index (χ3n) is 7.13. The van der Waals surface area contributed by atoms with Gasteiger partial charge in [0.2, 0.25) is 5.91 Å². The SMILES string of the molecule is CC(C)=C[C@H]1[C@@H](C(=O)NC23CC4CC(CC(C4)C2)C3)C1(C)C. The third kappa shape index (κ3) is 2.25. The molecule has 5 fully saturated rings. The van der Waals surface area contributed by atoms with E-state index in [0.29, 0.717) is 11.8 Å². The second-order valence-corrected chi connectivity index (χ2v) is 9.76. The predicted octanol–water partition coefficient (Wildman–Crippen LogP) is 4.31. The molecule has 0 unspecified atom stereocenters. The summed E-state index contributed by atoms with van der Waals surface area (Å²) in [5.41, 5.74) is 1.65. The summed E-state index contributed by atoms with van der Waals surface area (Å²) in [6.45, 7) is 8.78. The molecule has 0 heterocycles. The zero-order valence-corrected chi connectivity index (χ0v) is 14.6. The van der Waals surface area contributed by atoms with E-state index in [1.807, 2.05) is 0 Å². The van der Waals surface area contributed by atoms with E-state index in [-0.39, 0.29) is 16.9 Å². The molecule has 0 aromatic heterocycles. The standard InChI is InChI=1S/C20H31NO/c1-12(2)5-16-17(19(16,3)4)18(22)21-20-9-13-6-14(10-20)8-15(7-13)11-20/h5,13-17H,6-11H2,1-4H3,(H,21,22)/t13?,14?,15?,16-,17-,20?/m0/s1. The Hall–Kier alpha value is -0.790. The van der Waals surface area contributed by atoms with Gasteiger partial charge in [0, 0.05) is 5.54 Å². The van der Waals surface area contributed by atoms with E-state index < -0.39 is 0 Å². The first-order valence-corrected chi connectivity index (χ1v) is 9.26. The minimum Gasteiger partial charge on any atom is -0.350 e. The molecule has 5 rings (SSSR count). The van der Waals surface area contributed by atoms with Crippen molar-refractivity contribution in [2.24, 2.45) is 35.0 Å². The van der Waals surface area contributed by atoms with Crippen LogP contribution >= 0.6 is 0 Å². The highest BCUT2D eigenvalue weighted by atomic mass is 16.2. The fourth-order valence-corrected chi connectivity index (χ4v) is 6.45. The molecule has 1 N–H and O–H groups in total. The Morgan fingerprint density at radius 3 is 1.95 bits per heavy atom. The average molecular weight is 301 g/mol. The van der Waals surface area contributed by atoms with Crippen molar-refractivity contribution in [3.63, 3.8) is 0 Å². The lowest BCUT2D eigenvalue weighted by Gasteiger charge is -2.57. The first-order valence-electron chi connectivity index (χ1n) is 9.26. The number of carbonyl (C=O) groups excluding carboxylic acids is 1. The van der Waals surface area contributed by atoms with Crippen molar-refractivity contribution >= 4 is 5.91 Å². The molecule has 22 heavy (non-hydrogen) atoms. The maximum absolute atomic E-state index is 13.0. The maximum Gasteiger partial charge on any atom is 0.224 e. The molecule has 1 amide bonds. The number of allylic oxidation sites excluding steroid dienone is 2. The van der Waals surface area contributed by atoms with Crippen molar-refractivity contribution in [1.82, 2.24) is 5.32 Å². The summed E-state index contributed by atoms with van der Waals surface area (Å²) in [6, 6.07) is 0. The lowest BCUT2D eigenvalue weighted by atomic mass is 9.53. The van der Waals surface area contributed by atoms with Gasteiger partial charge in [-0.25, -0.2) is 0 Å². The lowest BCUT2D eigenvalue weighted by molar-refractivity contribution is -0.128. The molecular weight excluding hydrogens is 270 g/mol. The summed E-state index contributed by atoms with van der Waals surface area (Å²) < 4.78 is 0. The van der Waals surface area contributed by atoms with Gasteiger partial charge in [-0.3, -0.25) is 4.79 Å². The first kappa shape index (κ1) is 14.8. The fourth-order valence-electron chi connectivity index (χ4n) is 6.45. The van der Waals surface area contributed by atoms with Gasteiger partial charge in [-0.2, -0.15) is 0 Å². The van der Waals surface area contributed by atoms with Gasteiger partial charge in [-0.05, 0) is 81.5 Å². The Labute approximate surface area is 135 Å². The van der Waals surface area contributed by atoms with Crippen LogP contribution in [0.1, 0.15) is 66.2 Å². The number of amides is 1. The van der Waals surface area contributed by atoms with E-state index in [4.69, 9.17) is 0 Å². The van der Waals surface area contributed by atoms with Crippen LogP contribution < -0.4 is 5.32 Å². The van der Waals surface area contributed by atoms with Gasteiger partial charge in [0.1, 0.15) is 0 Å². The molecule has 5 aliphatic rings. The van der Waals surface area contributed by atoms with Crippen molar-refractivity contribution in [2.75, 3.05) is 0 Å². The summed E-state index contributed by atoms with van der Waals surface area (Å²) in [7, 11) is 0.